The molecular weight excluding hydrogens is 327 g/mol. The average molecular weight is 339 g/mol. The second-order valence-electron chi connectivity index (χ2n) is 4.12. The zero-order valence-corrected chi connectivity index (χ0v) is 12.6. The third-order valence-corrected chi connectivity index (χ3v) is 3.56. The number of nitrogens with two attached hydrogens (primary N) is 1. The van der Waals surface area contributed by atoms with Crippen molar-refractivity contribution >= 4 is 44.5 Å². The van der Waals surface area contributed by atoms with Crippen LogP contribution in [0.15, 0.2) is 40.9 Å². The van der Waals surface area contributed by atoms with Crippen LogP contribution >= 0.6 is 28.1 Å². The summed E-state index contributed by atoms with van der Waals surface area (Å²) in [5.41, 5.74) is 8.78. The molecule has 2 nitrogen and oxygen atoms in total. The summed E-state index contributed by atoms with van der Waals surface area (Å²) in [6.45, 7) is 1.90. The predicted molar refractivity (Wildman–Crippen MR) is 84.4 cm³/mol. The minimum absolute atomic E-state index is 0.304. The quantitative estimate of drug-likeness (QED) is 0.820. The molecule has 0 aliphatic rings. The van der Waals surface area contributed by atoms with Crippen molar-refractivity contribution in [3.05, 3.63) is 57.8 Å². The van der Waals surface area contributed by atoms with E-state index < -0.39 is 0 Å². The van der Waals surface area contributed by atoms with E-state index in [1.54, 1.807) is 6.07 Å². The minimum Gasteiger partial charge on any atom is -0.389 e. The summed E-state index contributed by atoms with van der Waals surface area (Å²) in [6, 6.07) is 10.6. The van der Waals surface area contributed by atoms with E-state index in [2.05, 4.69) is 21.2 Å². The van der Waals surface area contributed by atoms with E-state index in [0.29, 0.717) is 15.1 Å². The standard InChI is InChI=1S/C14H12BrFN2S/c1-8-6-10(15)11(16)7-13(8)18-12-5-3-2-4-9(12)14(17)19/h2-7,18H,1H3,(H2,17,19). The van der Waals surface area contributed by atoms with Gasteiger partial charge in [-0.05, 0) is 52.7 Å². The molecule has 0 aromatic heterocycles. The number of para-hydroxylation sites is 1. The zero-order chi connectivity index (χ0) is 14.0. The first-order chi connectivity index (χ1) is 8.99. The van der Waals surface area contributed by atoms with Gasteiger partial charge in [-0.1, -0.05) is 24.4 Å². The molecule has 98 valence electrons. The lowest BCUT2D eigenvalue weighted by Crippen LogP contribution is -2.12. The maximum Gasteiger partial charge on any atom is 0.139 e. The van der Waals surface area contributed by atoms with Crippen molar-refractivity contribution in [3.63, 3.8) is 0 Å². The molecule has 2 rings (SSSR count). The zero-order valence-electron chi connectivity index (χ0n) is 10.2. The van der Waals surface area contributed by atoms with Crippen LogP contribution in [0.5, 0.6) is 0 Å². The fraction of sp³-hybridized carbons (Fsp3) is 0.0714. The highest BCUT2D eigenvalue weighted by atomic mass is 79.9. The maximum absolute atomic E-state index is 13.6. The summed E-state index contributed by atoms with van der Waals surface area (Å²) in [4.78, 5) is 0.304. The SMILES string of the molecule is Cc1cc(Br)c(F)cc1Nc1ccccc1C(N)=S. The first kappa shape index (κ1) is 14.0. The van der Waals surface area contributed by atoms with Crippen molar-refractivity contribution < 1.29 is 4.39 Å². The van der Waals surface area contributed by atoms with Gasteiger partial charge in [0.2, 0.25) is 0 Å². The van der Waals surface area contributed by atoms with Gasteiger partial charge in [-0.3, -0.25) is 0 Å². The van der Waals surface area contributed by atoms with Gasteiger partial charge >= 0.3 is 0 Å². The second kappa shape index (κ2) is 5.67. The molecule has 2 aromatic rings. The maximum atomic E-state index is 13.6. The molecular formula is C14H12BrFN2S. The van der Waals surface area contributed by atoms with Crippen LogP contribution in [0.4, 0.5) is 15.8 Å². The van der Waals surface area contributed by atoms with E-state index >= 15 is 0 Å². The third kappa shape index (κ3) is 3.11. The Morgan fingerprint density at radius 2 is 1.95 bits per heavy atom. The molecule has 0 saturated carbocycles. The highest BCUT2D eigenvalue weighted by molar-refractivity contribution is 9.10. The molecule has 0 bridgehead atoms. The monoisotopic (exact) mass is 338 g/mol. The Balaban J connectivity index is 2.42. The first-order valence-electron chi connectivity index (χ1n) is 5.60. The van der Waals surface area contributed by atoms with Crippen molar-refractivity contribution in [2.45, 2.75) is 6.92 Å². The number of hydrogen-bond donors (Lipinski definition) is 2. The molecule has 2 aromatic carbocycles. The van der Waals surface area contributed by atoms with Crippen molar-refractivity contribution in [2.75, 3.05) is 5.32 Å². The molecule has 0 atom stereocenters. The molecule has 0 aliphatic heterocycles. The third-order valence-electron chi connectivity index (χ3n) is 2.73. The number of rotatable bonds is 3. The Morgan fingerprint density at radius 1 is 1.26 bits per heavy atom. The fourth-order valence-electron chi connectivity index (χ4n) is 1.73. The van der Waals surface area contributed by atoms with Gasteiger partial charge in [0.1, 0.15) is 10.8 Å². The van der Waals surface area contributed by atoms with Gasteiger partial charge in [0.05, 0.1) is 4.47 Å². The lowest BCUT2D eigenvalue weighted by molar-refractivity contribution is 0.621. The summed E-state index contributed by atoms with van der Waals surface area (Å²) in [5, 5.41) is 3.16. The molecule has 0 saturated heterocycles. The Morgan fingerprint density at radius 3 is 2.63 bits per heavy atom. The number of hydrogen-bond acceptors (Lipinski definition) is 2. The van der Waals surface area contributed by atoms with Gasteiger partial charge in [-0.2, -0.15) is 0 Å². The summed E-state index contributed by atoms with van der Waals surface area (Å²) in [5.74, 6) is -0.319. The molecule has 0 heterocycles. The molecule has 5 heteroatoms. The predicted octanol–water partition coefficient (Wildman–Crippen LogP) is 4.27. The number of benzene rings is 2. The number of thiocarbonyl (C=S) groups is 1. The van der Waals surface area contributed by atoms with Crippen LogP contribution in [0, 0.1) is 12.7 Å². The number of aryl methyl sites for hydroxylation is 1. The van der Waals surface area contributed by atoms with E-state index in [0.717, 1.165) is 16.8 Å². The second-order valence-corrected chi connectivity index (χ2v) is 5.41. The fourth-order valence-corrected chi connectivity index (χ4v) is 2.37. The molecule has 0 fully saturated rings. The molecule has 0 unspecified atom stereocenters. The number of anilines is 2. The summed E-state index contributed by atoms with van der Waals surface area (Å²) < 4.78 is 14.0. The molecule has 19 heavy (non-hydrogen) atoms. The van der Waals surface area contributed by atoms with Crippen molar-refractivity contribution in [1.82, 2.24) is 0 Å². The molecule has 3 N–H and O–H groups in total. The highest BCUT2D eigenvalue weighted by Crippen LogP contribution is 2.28. The van der Waals surface area contributed by atoms with Crippen molar-refractivity contribution in [1.29, 1.82) is 0 Å². The topological polar surface area (TPSA) is 38.0 Å². The van der Waals surface area contributed by atoms with Crippen LogP contribution < -0.4 is 11.1 Å². The van der Waals surface area contributed by atoms with Crippen LogP contribution in [0.2, 0.25) is 0 Å². The van der Waals surface area contributed by atoms with Crippen LogP contribution in [0.25, 0.3) is 0 Å². The van der Waals surface area contributed by atoms with E-state index in [4.69, 9.17) is 18.0 Å². The Kier molecular flexibility index (Phi) is 4.17. The van der Waals surface area contributed by atoms with Crippen molar-refractivity contribution in [3.8, 4) is 0 Å². The largest absolute Gasteiger partial charge is 0.389 e. The first-order valence-corrected chi connectivity index (χ1v) is 6.80. The highest BCUT2D eigenvalue weighted by Gasteiger charge is 2.08. The average Bonchev–Trinajstić information content (AvgIpc) is 2.36. The van der Waals surface area contributed by atoms with Gasteiger partial charge < -0.3 is 11.1 Å². The Bertz CT molecular complexity index is 643. The van der Waals surface area contributed by atoms with Gasteiger partial charge in [0.25, 0.3) is 0 Å². The Hall–Kier alpha value is -1.46. The van der Waals surface area contributed by atoms with Crippen LogP contribution in [-0.4, -0.2) is 4.99 Å². The summed E-state index contributed by atoms with van der Waals surface area (Å²) in [6.07, 6.45) is 0. The van der Waals surface area contributed by atoms with Gasteiger partial charge in [-0.25, -0.2) is 4.39 Å². The summed E-state index contributed by atoms with van der Waals surface area (Å²) in [7, 11) is 0. The van der Waals surface area contributed by atoms with Crippen LogP contribution in [0.1, 0.15) is 11.1 Å². The van der Waals surface area contributed by atoms with Gasteiger partial charge in [-0.15, -0.1) is 0 Å². The van der Waals surface area contributed by atoms with E-state index in [1.807, 2.05) is 31.2 Å². The van der Waals surface area contributed by atoms with Crippen LogP contribution in [-0.2, 0) is 0 Å². The number of nitrogens with one attached hydrogen (secondary N) is 1. The lowest BCUT2D eigenvalue weighted by Gasteiger charge is -2.13. The smallest absolute Gasteiger partial charge is 0.139 e. The van der Waals surface area contributed by atoms with E-state index in [1.165, 1.54) is 6.07 Å². The van der Waals surface area contributed by atoms with E-state index in [9.17, 15) is 4.39 Å². The number of halogens is 2. The van der Waals surface area contributed by atoms with E-state index in [-0.39, 0.29) is 5.82 Å². The molecule has 0 aliphatic carbocycles. The van der Waals surface area contributed by atoms with Crippen LogP contribution in [0.3, 0.4) is 0 Å². The molecule has 0 radical (unpaired) electrons. The summed E-state index contributed by atoms with van der Waals surface area (Å²) >= 11 is 8.16. The van der Waals surface area contributed by atoms with Gasteiger partial charge in [0, 0.05) is 16.9 Å². The molecule has 0 spiro atoms. The van der Waals surface area contributed by atoms with Crippen molar-refractivity contribution in [2.24, 2.45) is 5.73 Å². The normalized spacial score (nSPS) is 10.3. The lowest BCUT2D eigenvalue weighted by atomic mass is 10.1. The minimum atomic E-state index is -0.319. The molecule has 0 amide bonds. The Labute approximate surface area is 124 Å². The van der Waals surface area contributed by atoms with Gasteiger partial charge in [0.15, 0.2) is 0 Å².